The van der Waals surface area contributed by atoms with Crippen LogP contribution in [0.3, 0.4) is 0 Å². The minimum atomic E-state index is -0.482. The monoisotopic (exact) mass is 452 g/mol. The SMILES string of the molecule is C=CCOC(=O)C1=C(C)Nc2nc(SCc3ccccc3)nn2[C@H]1c1ccc(Cl)cc1. The van der Waals surface area contributed by atoms with E-state index in [-0.39, 0.29) is 6.61 Å². The van der Waals surface area contributed by atoms with E-state index in [4.69, 9.17) is 21.4 Å². The summed E-state index contributed by atoms with van der Waals surface area (Å²) in [5, 5.41) is 9.15. The van der Waals surface area contributed by atoms with Crippen LogP contribution < -0.4 is 5.32 Å². The third-order valence-electron chi connectivity index (χ3n) is 4.78. The van der Waals surface area contributed by atoms with Gasteiger partial charge < -0.3 is 10.1 Å². The van der Waals surface area contributed by atoms with Gasteiger partial charge in [-0.25, -0.2) is 9.48 Å². The van der Waals surface area contributed by atoms with Crippen molar-refractivity contribution in [2.75, 3.05) is 11.9 Å². The summed E-state index contributed by atoms with van der Waals surface area (Å²) in [5.41, 5.74) is 3.20. The predicted molar refractivity (Wildman–Crippen MR) is 123 cm³/mol. The van der Waals surface area contributed by atoms with Crippen LogP contribution in [0.15, 0.2) is 83.7 Å². The molecule has 8 heteroatoms. The van der Waals surface area contributed by atoms with Crippen molar-refractivity contribution in [3.05, 3.63) is 94.7 Å². The van der Waals surface area contributed by atoms with Gasteiger partial charge in [0.25, 0.3) is 0 Å². The van der Waals surface area contributed by atoms with Gasteiger partial charge >= 0.3 is 5.97 Å². The molecule has 1 N–H and O–H groups in total. The smallest absolute Gasteiger partial charge is 0.338 e. The normalized spacial score (nSPS) is 15.2. The molecule has 0 amide bonds. The van der Waals surface area contributed by atoms with Crippen LogP contribution in [0.2, 0.25) is 5.02 Å². The van der Waals surface area contributed by atoms with Crippen LogP contribution in [-0.2, 0) is 15.3 Å². The average molecular weight is 453 g/mol. The molecular weight excluding hydrogens is 432 g/mol. The van der Waals surface area contributed by atoms with Crippen LogP contribution in [0.25, 0.3) is 0 Å². The van der Waals surface area contributed by atoms with Gasteiger partial charge in [0.2, 0.25) is 11.1 Å². The van der Waals surface area contributed by atoms with Crippen LogP contribution in [0, 0.1) is 0 Å². The summed E-state index contributed by atoms with van der Waals surface area (Å²) in [4.78, 5) is 17.5. The third-order valence-corrected chi connectivity index (χ3v) is 5.94. The summed E-state index contributed by atoms with van der Waals surface area (Å²) in [5.74, 6) is 0.897. The molecule has 0 radical (unpaired) electrons. The molecule has 1 aliphatic rings. The molecule has 2 heterocycles. The van der Waals surface area contributed by atoms with E-state index in [9.17, 15) is 4.79 Å². The molecule has 0 spiro atoms. The molecule has 2 aromatic carbocycles. The quantitative estimate of drug-likeness (QED) is 0.300. The van der Waals surface area contributed by atoms with Crippen LogP contribution in [0.4, 0.5) is 5.95 Å². The van der Waals surface area contributed by atoms with Crippen LogP contribution in [0.5, 0.6) is 0 Å². The van der Waals surface area contributed by atoms with Gasteiger partial charge in [-0.2, -0.15) is 4.98 Å². The summed E-state index contributed by atoms with van der Waals surface area (Å²) >= 11 is 7.62. The molecule has 6 nitrogen and oxygen atoms in total. The third kappa shape index (κ3) is 4.68. The Balaban J connectivity index is 1.69. The van der Waals surface area contributed by atoms with E-state index in [1.54, 1.807) is 22.9 Å². The highest BCUT2D eigenvalue weighted by molar-refractivity contribution is 7.98. The van der Waals surface area contributed by atoms with Gasteiger partial charge in [-0.3, -0.25) is 0 Å². The van der Waals surface area contributed by atoms with Crippen molar-refractivity contribution in [2.45, 2.75) is 23.9 Å². The standard InChI is InChI=1S/C23H21ClN4O2S/c1-3-13-30-21(29)19-15(2)25-22-26-23(31-14-16-7-5-4-6-8-16)27-28(22)20(19)17-9-11-18(24)12-10-17/h3-12,20H,1,13-14H2,2H3,(H,25,26,27)/t20-/m0/s1. The molecule has 0 saturated carbocycles. The van der Waals surface area contributed by atoms with Gasteiger partial charge in [0.15, 0.2) is 0 Å². The van der Waals surface area contributed by atoms with Crippen molar-refractivity contribution in [2.24, 2.45) is 0 Å². The van der Waals surface area contributed by atoms with E-state index in [0.29, 0.717) is 27.4 Å². The highest BCUT2D eigenvalue weighted by atomic mass is 35.5. The zero-order valence-corrected chi connectivity index (χ0v) is 18.5. The molecule has 1 aliphatic heterocycles. The fourth-order valence-electron chi connectivity index (χ4n) is 3.34. The first kappa shape index (κ1) is 21.2. The Morgan fingerprint density at radius 1 is 1.26 bits per heavy atom. The molecule has 4 rings (SSSR count). The summed E-state index contributed by atoms with van der Waals surface area (Å²) in [6, 6.07) is 17.0. The van der Waals surface area contributed by atoms with Crippen LogP contribution in [-0.4, -0.2) is 27.3 Å². The summed E-state index contributed by atoms with van der Waals surface area (Å²) < 4.78 is 7.09. The van der Waals surface area contributed by atoms with Gasteiger partial charge in [-0.05, 0) is 30.2 Å². The summed E-state index contributed by atoms with van der Waals surface area (Å²) in [7, 11) is 0. The average Bonchev–Trinajstić information content (AvgIpc) is 3.19. The number of hydrogen-bond acceptors (Lipinski definition) is 6. The van der Waals surface area contributed by atoms with Crippen molar-refractivity contribution < 1.29 is 9.53 Å². The Bertz CT molecular complexity index is 1130. The van der Waals surface area contributed by atoms with Crippen molar-refractivity contribution in [3.8, 4) is 0 Å². The highest BCUT2D eigenvalue weighted by Gasteiger charge is 2.35. The first-order valence-corrected chi connectivity index (χ1v) is 11.1. The molecule has 31 heavy (non-hydrogen) atoms. The number of allylic oxidation sites excluding steroid dienone is 1. The number of nitrogens with zero attached hydrogens (tertiary/aromatic N) is 3. The topological polar surface area (TPSA) is 69.0 Å². The first-order chi connectivity index (χ1) is 15.1. The molecule has 0 bridgehead atoms. The number of nitrogens with one attached hydrogen (secondary N) is 1. The Morgan fingerprint density at radius 2 is 2.00 bits per heavy atom. The molecule has 3 aromatic rings. The number of anilines is 1. The number of thioether (sulfide) groups is 1. The van der Waals surface area contributed by atoms with Crippen LogP contribution >= 0.6 is 23.4 Å². The van der Waals surface area contributed by atoms with E-state index >= 15 is 0 Å². The van der Waals surface area contributed by atoms with Crippen molar-refractivity contribution in [1.82, 2.24) is 14.8 Å². The maximum absolute atomic E-state index is 12.9. The van der Waals surface area contributed by atoms with E-state index in [1.165, 1.54) is 17.3 Å². The number of fused-ring (bicyclic) bond motifs is 1. The number of benzene rings is 2. The van der Waals surface area contributed by atoms with E-state index < -0.39 is 12.0 Å². The van der Waals surface area contributed by atoms with Gasteiger partial charge in [0.1, 0.15) is 12.6 Å². The minimum absolute atomic E-state index is 0.130. The van der Waals surface area contributed by atoms with Gasteiger partial charge in [-0.1, -0.05) is 78.5 Å². The lowest BCUT2D eigenvalue weighted by atomic mass is 9.96. The molecular formula is C23H21ClN4O2S. The van der Waals surface area contributed by atoms with Crippen LogP contribution in [0.1, 0.15) is 24.1 Å². The second-order valence-electron chi connectivity index (χ2n) is 6.94. The lowest BCUT2D eigenvalue weighted by Crippen LogP contribution is -2.29. The molecule has 1 atom stereocenters. The minimum Gasteiger partial charge on any atom is -0.458 e. The van der Waals surface area contributed by atoms with Crippen molar-refractivity contribution in [1.29, 1.82) is 0 Å². The number of carbonyl (C=O) groups excluding carboxylic acids is 1. The molecule has 0 saturated heterocycles. The summed E-state index contributed by atoms with van der Waals surface area (Å²) in [6.07, 6.45) is 1.54. The Morgan fingerprint density at radius 3 is 2.71 bits per heavy atom. The zero-order chi connectivity index (χ0) is 21.8. The first-order valence-electron chi connectivity index (χ1n) is 9.71. The number of ether oxygens (including phenoxy) is 1. The molecule has 0 aliphatic carbocycles. The highest BCUT2D eigenvalue weighted by Crippen LogP contribution is 2.37. The van der Waals surface area contributed by atoms with E-state index in [0.717, 1.165) is 11.3 Å². The number of carbonyl (C=O) groups is 1. The van der Waals surface area contributed by atoms with Gasteiger partial charge in [0, 0.05) is 16.5 Å². The lowest BCUT2D eigenvalue weighted by Gasteiger charge is -2.28. The van der Waals surface area contributed by atoms with Crippen molar-refractivity contribution in [3.63, 3.8) is 0 Å². The molecule has 0 unspecified atom stereocenters. The fourth-order valence-corrected chi connectivity index (χ4v) is 4.26. The predicted octanol–water partition coefficient (Wildman–Crippen LogP) is 5.24. The number of aromatic nitrogens is 3. The van der Waals surface area contributed by atoms with Gasteiger partial charge in [-0.15, -0.1) is 5.10 Å². The lowest BCUT2D eigenvalue weighted by molar-refractivity contribution is -0.138. The van der Waals surface area contributed by atoms with Crippen molar-refractivity contribution >= 4 is 35.3 Å². The second-order valence-corrected chi connectivity index (χ2v) is 8.32. The molecule has 1 aromatic heterocycles. The Hall–Kier alpha value is -3.03. The van der Waals surface area contributed by atoms with E-state index in [2.05, 4.69) is 29.0 Å². The zero-order valence-electron chi connectivity index (χ0n) is 16.9. The molecule has 158 valence electrons. The number of halogens is 1. The maximum atomic E-state index is 12.9. The second kappa shape index (κ2) is 9.41. The maximum Gasteiger partial charge on any atom is 0.338 e. The summed E-state index contributed by atoms with van der Waals surface area (Å²) in [6.45, 7) is 5.58. The van der Waals surface area contributed by atoms with Gasteiger partial charge in [0.05, 0.1) is 5.57 Å². The van der Waals surface area contributed by atoms with E-state index in [1.807, 2.05) is 37.3 Å². The molecule has 0 fully saturated rings. The number of hydrogen-bond donors (Lipinski definition) is 1. The Kier molecular flexibility index (Phi) is 6.44. The fraction of sp³-hybridized carbons (Fsp3) is 0.174. The number of esters is 1. The Labute approximate surface area is 190 Å². The largest absolute Gasteiger partial charge is 0.458 e. The number of rotatable bonds is 7.